The predicted molar refractivity (Wildman–Crippen MR) is 67.4 cm³/mol. The third kappa shape index (κ3) is 4.33. The van der Waals surface area contributed by atoms with Crippen molar-refractivity contribution in [3.05, 3.63) is 16.9 Å². The summed E-state index contributed by atoms with van der Waals surface area (Å²) in [6.07, 6.45) is 3.55. The average molecular weight is 309 g/mol. The number of hydrogen-bond donors (Lipinski definition) is 3. The van der Waals surface area contributed by atoms with Gasteiger partial charge in [0.25, 0.3) is 0 Å². The molecule has 8 heteroatoms. The van der Waals surface area contributed by atoms with E-state index < -0.39 is 10.0 Å². The Labute approximate surface area is 103 Å². The lowest BCUT2D eigenvalue weighted by atomic mass is 10.3. The summed E-state index contributed by atoms with van der Waals surface area (Å²) in [6.45, 7) is 0.475. The predicted octanol–water partition coefficient (Wildman–Crippen LogP) is 0.517. The normalized spacial score (nSPS) is 11.4. The van der Waals surface area contributed by atoms with Crippen LogP contribution in [0.15, 0.2) is 16.9 Å². The van der Waals surface area contributed by atoms with Crippen LogP contribution >= 0.6 is 15.9 Å². The fraction of sp³-hybridized carbons (Fsp3) is 0.375. The number of nitrogens with one attached hydrogen (secondary N) is 1. The smallest absolute Gasteiger partial charge is 0.209 e. The van der Waals surface area contributed by atoms with Gasteiger partial charge in [0.15, 0.2) is 0 Å². The van der Waals surface area contributed by atoms with Gasteiger partial charge >= 0.3 is 0 Å². The van der Waals surface area contributed by atoms with Gasteiger partial charge < -0.3 is 11.1 Å². The number of nitrogens with two attached hydrogens (primary N) is 2. The van der Waals surface area contributed by atoms with E-state index in [9.17, 15) is 8.42 Å². The zero-order valence-corrected chi connectivity index (χ0v) is 10.9. The maximum Gasteiger partial charge on any atom is 0.209 e. The summed E-state index contributed by atoms with van der Waals surface area (Å²) in [5.74, 6) is -0.0530. The maximum absolute atomic E-state index is 10.7. The standard InChI is InChI=1S/C8H13BrN4O2S/c9-6-4-12-5-7(10)8(6)13-2-1-3-16(11,14)15/h4-5H,1-3,10H2,(H,12,13)(H2,11,14,15). The molecule has 0 aliphatic rings. The lowest BCUT2D eigenvalue weighted by Crippen LogP contribution is -2.19. The van der Waals surface area contributed by atoms with Crippen molar-refractivity contribution >= 4 is 37.3 Å². The summed E-state index contributed by atoms with van der Waals surface area (Å²) in [5, 5.41) is 7.90. The number of halogens is 1. The van der Waals surface area contributed by atoms with Gasteiger partial charge in [-0.1, -0.05) is 0 Å². The number of pyridine rings is 1. The van der Waals surface area contributed by atoms with Crippen LogP contribution in [0.4, 0.5) is 11.4 Å². The molecule has 1 heterocycles. The molecule has 16 heavy (non-hydrogen) atoms. The lowest BCUT2D eigenvalue weighted by molar-refractivity contribution is 0.596. The molecule has 0 bridgehead atoms. The van der Waals surface area contributed by atoms with Gasteiger partial charge in [0.1, 0.15) is 0 Å². The zero-order valence-electron chi connectivity index (χ0n) is 8.48. The summed E-state index contributed by atoms with van der Waals surface area (Å²) in [4.78, 5) is 3.88. The van der Waals surface area contributed by atoms with Crippen LogP contribution in [0.1, 0.15) is 6.42 Å². The van der Waals surface area contributed by atoms with Gasteiger partial charge in [-0.3, -0.25) is 4.98 Å². The molecule has 1 aromatic rings. The van der Waals surface area contributed by atoms with Crippen LogP contribution in [0, 0.1) is 0 Å². The van der Waals surface area contributed by atoms with Gasteiger partial charge in [0.2, 0.25) is 10.0 Å². The van der Waals surface area contributed by atoms with E-state index in [0.29, 0.717) is 24.3 Å². The molecule has 0 saturated heterocycles. The van der Waals surface area contributed by atoms with E-state index >= 15 is 0 Å². The Morgan fingerprint density at radius 1 is 1.44 bits per heavy atom. The van der Waals surface area contributed by atoms with Gasteiger partial charge in [-0.05, 0) is 22.4 Å². The summed E-state index contributed by atoms with van der Waals surface area (Å²) in [5.41, 5.74) is 6.91. The summed E-state index contributed by atoms with van der Waals surface area (Å²) in [7, 11) is -3.39. The van der Waals surface area contributed by atoms with Crippen molar-refractivity contribution in [1.82, 2.24) is 4.98 Å². The van der Waals surface area contributed by atoms with Crippen molar-refractivity contribution < 1.29 is 8.42 Å². The number of nitrogens with zero attached hydrogens (tertiary/aromatic N) is 1. The number of sulfonamides is 1. The minimum absolute atomic E-state index is 0.0530. The molecule has 90 valence electrons. The summed E-state index contributed by atoms with van der Waals surface area (Å²) < 4.78 is 22.1. The monoisotopic (exact) mass is 308 g/mol. The molecule has 0 aromatic carbocycles. The Kier molecular flexibility index (Phi) is 4.51. The van der Waals surface area contributed by atoms with Crippen molar-refractivity contribution in [2.75, 3.05) is 23.3 Å². The highest BCUT2D eigenvalue weighted by atomic mass is 79.9. The van der Waals surface area contributed by atoms with Crippen molar-refractivity contribution in [2.24, 2.45) is 5.14 Å². The number of hydrogen-bond acceptors (Lipinski definition) is 5. The van der Waals surface area contributed by atoms with E-state index in [2.05, 4.69) is 26.2 Å². The minimum Gasteiger partial charge on any atom is -0.396 e. The molecule has 5 N–H and O–H groups in total. The first-order valence-corrected chi connectivity index (χ1v) is 7.04. The molecule has 1 aromatic heterocycles. The van der Waals surface area contributed by atoms with Crippen LogP contribution in [0.5, 0.6) is 0 Å². The van der Waals surface area contributed by atoms with Crippen molar-refractivity contribution in [2.45, 2.75) is 6.42 Å². The van der Waals surface area contributed by atoms with Gasteiger partial charge in [-0.15, -0.1) is 0 Å². The molecule has 1 rings (SSSR count). The second-order valence-corrected chi connectivity index (χ2v) is 5.82. The number of nitrogen functional groups attached to an aromatic ring is 1. The minimum atomic E-state index is -3.39. The summed E-state index contributed by atoms with van der Waals surface area (Å²) >= 11 is 3.29. The topological polar surface area (TPSA) is 111 Å². The number of primary sulfonamides is 1. The molecule has 0 fully saturated rings. The first-order chi connectivity index (χ1) is 7.40. The maximum atomic E-state index is 10.7. The highest BCUT2D eigenvalue weighted by Gasteiger charge is 2.05. The van der Waals surface area contributed by atoms with Gasteiger partial charge in [0, 0.05) is 12.7 Å². The Morgan fingerprint density at radius 2 is 2.12 bits per heavy atom. The van der Waals surface area contributed by atoms with Crippen molar-refractivity contribution in [1.29, 1.82) is 0 Å². The Bertz CT molecular complexity index is 443. The van der Waals surface area contributed by atoms with E-state index in [4.69, 9.17) is 10.9 Å². The molecule has 0 spiro atoms. The first-order valence-electron chi connectivity index (χ1n) is 4.53. The SMILES string of the molecule is Nc1cncc(Br)c1NCCCS(N)(=O)=O. The van der Waals surface area contributed by atoms with E-state index in [0.717, 1.165) is 4.47 Å². The molecule has 0 aliphatic heterocycles. The fourth-order valence-electron chi connectivity index (χ4n) is 1.12. The second kappa shape index (κ2) is 5.46. The van der Waals surface area contributed by atoms with Gasteiger partial charge in [0.05, 0.1) is 27.8 Å². The van der Waals surface area contributed by atoms with E-state index in [1.807, 2.05) is 0 Å². The molecule has 6 nitrogen and oxygen atoms in total. The lowest BCUT2D eigenvalue weighted by Gasteiger charge is -2.10. The zero-order chi connectivity index (χ0) is 12.2. The number of rotatable bonds is 5. The van der Waals surface area contributed by atoms with Crippen LogP contribution in [-0.2, 0) is 10.0 Å². The average Bonchev–Trinajstić information content (AvgIpc) is 2.14. The quantitative estimate of drug-likeness (QED) is 0.687. The van der Waals surface area contributed by atoms with Crippen LogP contribution in [0.3, 0.4) is 0 Å². The van der Waals surface area contributed by atoms with Gasteiger partial charge in [-0.25, -0.2) is 13.6 Å². The Balaban J connectivity index is 2.49. The van der Waals surface area contributed by atoms with E-state index in [1.165, 1.54) is 6.20 Å². The molecular weight excluding hydrogens is 296 g/mol. The number of aromatic nitrogens is 1. The van der Waals surface area contributed by atoms with Gasteiger partial charge in [-0.2, -0.15) is 0 Å². The molecule has 0 amide bonds. The molecule has 0 atom stereocenters. The Morgan fingerprint density at radius 3 is 2.69 bits per heavy atom. The molecular formula is C8H13BrN4O2S. The Hall–Kier alpha value is -0.860. The summed E-state index contributed by atoms with van der Waals surface area (Å²) in [6, 6.07) is 0. The van der Waals surface area contributed by atoms with Crippen LogP contribution in [0.25, 0.3) is 0 Å². The third-order valence-electron chi connectivity index (χ3n) is 1.84. The second-order valence-electron chi connectivity index (χ2n) is 3.23. The van der Waals surface area contributed by atoms with E-state index in [-0.39, 0.29) is 5.75 Å². The van der Waals surface area contributed by atoms with Crippen LogP contribution in [0.2, 0.25) is 0 Å². The molecule has 0 radical (unpaired) electrons. The molecule has 0 aliphatic carbocycles. The molecule has 0 unspecified atom stereocenters. The first kappa shape index (κ1) is 13.2. The fourth-order valence-corrected chi connectivity index (χ4v) is 2.16. The molecule has 0 saturated carbocycles. The van der Waals surface area contributed by atoms with Crippen LogP contribution in [-0.4, -0.2) is 25.7 Å². The highest BCUT2D eigenvalue weighted by Crippen LogP contribution is 2.26. The van der Waals surface area contributed by atoms with Crippen molar-refractivity contribution in [3.8, 4) is 0 Å². The highest BCUT2D eigenvalue weighted by molar-refractivity contribution is 9.10. The van der Waals surface area contributed by atoms with Crippen molar-refractivity contribution in [3.63, 3.8) is 0 Å². The van der Waals surface area contributed by atoms with Crippen LogP contribution < -0.4 is 16.2 Å². The number of anilines is 2. The van der Waals surface area contributed by atoms with E-state index in [1.54, 1.807) is 6.20 Å². The third-order valence-corrected chi connectivity index (χ3v) is 3.30. The largest absolute Gasteiger partial charge is 0.396 e.